The lowest BCUT2D eigenvalue weighted by Crippen LogP contribution is -2.48. The number of piperazine rings is 1. The molecular weight excluding hydrogens is 406 g/mol. The third-order valence-corrected chi connectivity index (χ3v) is 8.04. The number of aromatic nitrogens is 1. The number of benzene rings is 1. The highest BCUT2D eigenvalue weighted by atomic mass is 35.5. The van der Waals surface area contributed by atoms with Gasteiger partial charge in [-0.15, -0.1) is 11.3 Å². The monoisotopic (exact) mass is 423 g/mol. The predicted octanol–water partition coefficient (Wildman–Crippen LogP) is 3.88. The van der Waals surface area contributed by atoms with Gasteiger partial charge in [0, 0.05) is 47.8 Å². The summed E-state index contributed by atoms with van der Waals surface area (Å²) in [5.41, 5.74) is 1.01. The van der Waals surface area contributed by atoms with Gasteiger partial charge in [-0.3, -0.25) is 0 Å². The van der Waals surface area contributed by atoms with Gasteiger partial charge in [-0.25, -0.2) is 8.42 Å². The number of rotatable bonds is 4. The number of hydrogen-bond donors (Lipinski definition) is 0. The molecule has 142 valence electrons. The van der Waals surface area contributed by atoms with Crippen molar-refractivity contribution in [2.45, 2.75) is 11.8 Å². The van der Waals surface area contributed by atoms with E-state index < -0.39 is 10.0 Å². The molecule has 1 aliphatic heterocycles. The van der Waals surface area contributed by atoms with Crippen molar-refractivity contribution in [2.24, 2.45) is 0 Å². The Morgan fingerprint density at radius 2 is 1.93 bits per heavy atom. The zero-order valence-electron chi connectivity index (χ0n) is 14.6. The molecule has 1 aromatic carbocycles. The van der Waals surface area contributed by atoms with Gasteiger partial charge in [0.2, 0.25) is 10.0 Å². The summed E-state index contributed by atoms with van der Waals surface area (Å²) in [6.07, 6.45) is 1.55. The second kappa shape index (κ2) is 7.27. The van der Waals surface area contributed by atoms with Crippen LogP contribution in [0.25, 0.3) is 10.6 Å². The third kappa shape index (κ3) is 3.62. The van der Waals surface area contributed by atoms with E-state index >= 15 is 0 Å². The highest BCUT2D eigenvalue weighted by Crippen LogP contribution is 2.35. The fraction of sp³-hybridized carbons (Fsp3) is 0.278. The van der Waals surface area contributed by atoms with Crippen LogP contribution in [0.3, 0.4) is 0 Å². The first kappa shape index (κ1) is 18.5. The Balaban J connectivity index is 1.52. The van der Waals surface area contributed by atoms with Gasteiger partial charge in [-0.2, -0.15) is 4.31 Å². The summed E-state index contributed by atoms with van der Waals surface area (Å²) >= 11 is 7.46. The summed E-state index contributed by atoms with van der Waals surface area (Å²) in [5.74, 6) is 0.579. The molecule has 0 spiro atoms. The number of nitrogens with zero attached hydrogens (tertiary/aromatic N) is 3. The molecule has 9 heteroatoms. The van der Waals surface area contributed by atoms with Crippen molar-refractivity contribution >= 4 is 38.6 Å². The molecule has 1 aliphatic rings. The number of aryl methyl sites for hydroxylation is 1. The molecule has 6 nitrogen and oxygen atoms in total. The van der Waals surface area contributed by atoms with Crippen LogP contribution in [0.5, 0.6) is 0 Å². The molecule has 0 unspecified atom stereocenters. The van der Waals surface area contributed by atoms with Crippen LogP contribution in [-0.4, -0.2) is 44.1 Å². The lowest BCUT2D eigenvalue weighted by atomic mass is 10.2. The van der Waals surface area contributed by atoms with Crippen molar-refractivity contribution in [1.82, 2.24) is 9.46 Å². The highest BCUT2D eigenvalue weighted by molar-refractivity contribution is 7.89. The van der Waals surface area contributed by atoms with Crippen LogP contribution in [0.4, 0.5) is 5.69 Å². The van der Waals surface area contributed by atoms with Gasteiger partial charge in [-0.05, 0) is 31.2 Å². The average molecular weight is 424 g/mol. The Labute approximate surface area is 167 Å². The number of halogens is 1. The summed E-state index contributed by atoms with van der Waals surface area (Å²) in [6, 6.07) is 11.0. The molecule has 2 aromatic heterocycles. The van der Waals surface area contributed by atoms with E-state index in [2.05, 4.69) is 10.1 Å². The Bertz CT molecular complexity index is 1040. The standard InChI is InChI=1S/C18H18ClN3O3S2/c1-13-18(12-17(26-13)16-5-6-20-25-16)27(23,24)22-9-7-21(8-10-22)15-4-2-3-14(19)11-15/h2-6,11-12H,7-10H2,1H3. The molecule has 27 heavy (non-hydrogen) atoms. The van der Waals surface area contributed by atoms with Crippen LogP contribution in [0.15, 0.2) is 52.0 Å². The Kier molecular flexibility index (Phi) is 4.98. The molecule has 0 saturated carbocycles. The van der Waals surface area contributed by atoms with Crippen LogP contribution in [-0.2, 0) is 10.0 Å². The predicted molar refractivity (Wildman–Crippen MR) is 107 cm³/mol. The fourth-order valence-corrected chi connectivity index (χ4v) is 6.31. The second-order valence-corrected chi connectivity index (χ2v) is 9.88. The maximum Gasteiger partial charge on any atom is 0.244 e. The van der Waals surface area contributed by atoms with E-state index in [4.69, 9.17) is 16.1 Å². The molecule has 0 bridgehead atoms. The summed E-state index contributed by atoms with van der Waals surface area (Å²) in [6.45, 7) is 3.93. The van der Waals surface area contributed by atoms with Gasteiger partial charge < -0.3 is 9.42 Å². The molecule has 3 aromatic rings. The van der Waals surface area contributed by atoms with Gasteiger partial charge in [0.1, 0.15) is 0 Å². The lowest BCUT2D eigenvalue weighted by Gasteiger charge is -2.35. The van der Waals surface area contributed by atoms with E-state index in [9.17, 15) is 8.42 Å². The van der Waals surface area contributed by atoms with E-state index in [0.717, 1.165) is 15.4 Å². The number of hydrogen-bond acceptors (Lipinski definition) is 6. The molecule has 4 rings (SSSR count). The topological polar surface area (TPSA) is 66.7 Å². The van der Waals surface area contributed by atoms with Crippen molar-refractivity contribution in [3.8, 4) is 10.6 Å². The van der Waals surface area contributed by atoms with Gasteiger partial charge in [0.25, 0.3) is 0 Å². The Hall–Kier alpha value is -1.87. The number of anilines is 1. The van der Waals surface area contributed by atoms with E-state index in [1.54, 1.807) is 22.6 Å². The fourth-order valence-electron chi connectivity index (χ4n) is 3.18. The van der Waals surface area contributed by atoms with Gasteiger partial charge in [0.15, 0.2) is 5.76 Å². The van der Waals surface area contributed by atoms with E-state index in [1.165, 1.54) is 11.3 Å². The zero-order valence-corrected chi connectivity index (χ0v) is 17.0. The van der Waals surface area contributed by atoms with Crippen LogP contribution in [0, 0.1) is 6.92 Å². The molecular formula is C18H18ClN3O3S2. The van der Waals surface area contributed by atoms with E-state index in [1.807, 2.05) is 31.2 Å². The Morgan fingerprint density at radius 3 is 2.59 bits per heavy atom. The van der Waals surface area contributed by atoms with Crippen LogP contribution >= 0.6 is 22.9 Å². The number of thiophene rings is 1. The van der Waals surface area contributed by atoms with Crippen LogP contribution in [0.2, 0.25) is 5.02 Å². The molecule has 0 N–H and O–H groups in total. The van der Waals surface area contributed by atoms with Crippen molar-refractivity contribution in [3.05, 3.63) is 52.5 Å². The maximum absolute atomic E-state index is 13.1. The first-order valence-electron chi connectivity index (χ1n) is 8.47. The van der Waals surface area contributed by atoms with E-state index in [-0.39, 0.29) is 0 Å². The van der Waals surface area contributed by atoms with Gasteiger partial charge in [-0.1, -0.05) is 22.8 Å². The zero-order chi connectivity index (χ0) is 19.0. The first-order chi connectivity index (χ1) is 12.9. The molecule has 0 radical (unpaired) electrons. The van der Waals surface area contributed by atoms with Crippen LogP contribution in [0.1, 0.15) is 4.88 Å². The SMILES string of the molecule is Cc1sc(-c2ccno2)cc1S(=O)(=O)N1CCN(c2cccc(Cl)c2)CC1. The van der Waals surface area contributed by atoms with Crippen LogP contribution < -0.4 is 4.90 Å². The van der Waals surface area contributed by atoms with Crippen molar-refractivity contribution in [1.29, 1.82) is 0 Å². The maximum atomic E-state index is 13.1. The third-order valence-electron chi connectivity index (χ3n) is 4.58. The quantitative estimate of drug-likeness (QED) is 0.637. The van der Waals surface area contributed by atoms with Crippen molar-refractivity contribution < 1.29 is 12.9 Å². The molecule has 1 fully saturated rings. The summed E-state index contributed by atoms with van der Waals surface area (Å²) in [5, 5.41) is 4.37. The smallest absolute Gasteiger partial charge is 0.244 e. The normalized spacial score (nSPS) is 16.0. The minimum Gasteiger partial charge on any atom is -0.369 e. The van der Waals surface area contributed by atoms with Crippen molar-refractivity contribution in [3.63, 3.8) is 0 Å². The minimum absolute atomic E-state index is 0.343. The molecule has 0 aliphatic carbocycles. The average Bonchev–Trinajstić information content (AvgIpc) is 3.31. The van der Waals surface area contributed by atoms with Crippen molar-refractivity contribution in [2.75, 3.05) is 31.1 Å². The molecule has 0 atom stereocenters. The molecule has 0 amide bonds. The molecule has 1 saturated heterocycles. The Morgan fingerprint density at radius 1 is 1.15 bits per heavy atom. The van der Waals surface area contributed by atoms with Gasteiger partial charge >= 0.3 is 0 Å². The second-order valence-electron chi connectivity index (χ2n) is 6.28. The minimum atomic E-state index is -3.55. The summed E-state index contributed by atoms with van der Waals surface area (Å²) in [7, 11) is -3.55. The van der Waals surface area contributed by atoms with E-state index in [0.29, 0.717) is 41.9 Å². The summed E-state index contributed by atoms with van der Waals surface area (Å²) < 4.78 is 33.0. The lowest BCUT2D eigenvalue weighted by molar-refractivity contribution is 0.385. The summed E-state index contributed by atoms with van der Waals surface area (Å²) in [4.78, 5) is 4.01. The van der Waals surface area contributed by atoms with Gasteiger partial charge in [0.05, 0.1) is 16.0 Å². The first-order valence-corrected chi connectivity index (χ1v) is 11.1. The highest BCUT2D eigenvalue weighted by Gasteiger charge is 2.31. The number of sulfonamides is 1. The molecule has 3 heterocycles. The largest absolute Gasteiger partial charge is 0.369 e.